The summed E-state index contributed by atoms with van der Waals surface area (Å²) in [6.45, 7) is 0.0591. The van der Waals surface area contributed by atoms with Crippen molar-refractivity contribution in [1.82, 2.24) is 0 Å². The van der Waals surface area contributed by atoms with Crippen LogP contribution in [0.25, 0.3) is 0 Å². The molecular weight excluding hydrogens is 242 g/mol. The predicted octanol–water partition coefficient (Wildman–Crippen LogP) is 2.43. The highest BCUT2D eigenvalue weighted by Gasteiger charge is 2.41. The molecule has 1 aromatic rings. The van der Waals surface area contributed by atoms with Gasteiger partial charge in [-0.15, -0.1) is 0 Å². The van der Waals surface area contributed by atoms with E-state index in [4.69, 9.17) is 9.47 Å². The summed E-state index contributed by atoms with van der Waals surface area (Å²) in [5, 5.41) is 13.3. The van der Waals surface area contributed by atoms with Gasteiger partial charge in [-0.25, -0.2) is 0 Å². The van der Waals surface area contributed by atoms with Crippen molar-refractivity contribution in [2.75, 3.05) is 26.1 Å². The Labute approximate surface area is 114 Å². The number of aliphatic hydroxyl groups is 1. The van der Waals surface area contributed by atoms with Crippen molar-refractivity contribution in [3.05, 3.63) is 24.3 Å². The number of ether oxygens (including phenoxy) is 2. The number of anilines is 1. The Morgan fingerprint density at radius 1 is 1.32 bits per heavy atom. The normalized spacial score (nSPS) is 27.0. The van der Waals surface area contributed by atoms with Crippen molar-refractivity contribution in [3.8, 4) is 5.75 Å². The molecule has 0 heterocycles. The van der Waals surface area contributed by atoms with Gasteiger partial charge in [0.1, 0.15) is 5.75 Å². The number of benzene rings is 1. The molecule has 1 aromatic carbocycles. The van der Waals surface area contributed by atoms with E-state index in [0.717, 1.165) is 37.1 Å². The highest BCUT2D eigenvalue weighted by molar-refractivity contribution is 5.58. The van der Waals surface area contributed by atoms with E-state index in [1.54, 1.807) is 14.2 Å². The summed E-state index contributed by atoms with van der Waals surface area (Å²) in [5.74, 6) is 0.788. The van der Waals surface area contributed by atoms with Gasteiger partial charge in [-0.05, 0) is 25.0 Å². The van der Waals surface area contributed by atoms with Gasteiger partial charge in [0.25, 0.3) is 0 Å². The molecule has 4 nitrogen and oxygen atoms in total. The molecule has 0 amide bonds. The van der Waals surface area contributed by atoms with Gasteiger partial charge in [0, 0.05) is 7.11 Å². The number of hydrogen-bond acceptors (Lipinski definition) is 4. The van der Waals surface area contributed by atoms with E-state index < -0.39 is 5.54 Å². The SMILES string of the molecule is COc1ccccc1NC1(CO)CCCCC1OC. The van der Waals surface area contributed by atoms with Crippen LogP contribution in [-0.4, -0.2) is 37.6 Å². The Morgan fingerprint density at radius 3 is 2.79 bits per heavy atom. The molecule has 0 saturated heterocycles. The van der Waals surface area contributed by atoms with E-state index in [1.165, 1.54) is 0 Å². The molecule has 1 saturated carbocycles. The number of methoxy groups -OCH3 is 2. The molecule has 0 spiro atoms. The van der Waals surface area contributed by atoms with E-state index >= 15 is 0 Å². The highest BCUT2D eigenvalue weighted by Crippen LogP contribution is 2.36. The number of para-hydroxylation sites is 2. The molecule has 1 aliphatic rings. The third-order valence-electron chi connectivity index (χ3n) is 4.01. The Balaban J connectivity index is 2.26. The Hall–Kier alpha value is -1.26. The van der Waals surface area contributed by atoms with Crippen molar-refractivity contribution in [1.29, 1.82) is 0 Å². The second-order valence-electron chi connectivity index (χ2n) is 5.11. The number of nitrogens with one attached hydrogen (secondary N) is 1. The van der Waals surface area contributed by atoms with Crippen LogP contribution in [0.2, 0.25) is 0 Å². The molecule has 2 atom stereocenters. The van der Waals surface area contributed by atoms with Gasteiger partial charge in [0.15, 0.2) is 0 Å². The Kier molecular flexibility index (Phi) is 4.66. The summed E-state index contributed by atoms with van der Waals surface area (Å²) in [4.78, 5) is 0. The summed E-state index contributed by atoms with van der Waals surface area (Å²) in [5.41, 5.74) is 0.491. The molecule has 106 valence electrons. The smallest absolute Gasteiger partial charge is 0.141 e. The number of aliphatic hydroxyl groups excluding tert-OH is 1. The van der Waals surface area contributed by atoms with Gasteiger partial charge >= 0.3 is 0 Å². The first-order chi connectivity index (χ1) is 9.25. The quantitative estimate of drug-likeness (QED) is 0.858. The lowest BCUT2D eigenvalue weighted by Crippen LogP contribution is -2.55. The fraction of sp³-hybridized carbons (Fsp3) is 0.600. The van der Waals surface area contributed by atoms with Gasteiger partial charge in [-0.2, -0.15) is 0 Å². The van der Waals surface area contributed by atoms with Crippen molar-refractivity contribution in [2.45, 2.75) is 37.3 Å². The third-order valence-corrected chi connectivity index (χ3v) is 4.01. The topological polar surface area (TPSA) is 50.7 Å². The minimum absolute atomic E-state index is 0.0242. The van der Waals surface area contributed by atoms with Gasteiger partial charge in [0.05, 0.1) is 31.0 Å². The van der Waals surface area contributed by atoms with E-state index in [-0.39, 0.29) is 12.7 Å². The molecule has 2 N–H and O–H groups in total. The van der Waals surface area contributed by atoms with E-state index in [2.05, 4.69) is 5.32 Å². The molecule has 2 rings (SSSR count). The van der Waals surface area contributed by atoms with Gasteiger partial charge in [-0.3, -0.25) is 0 Å². The van der Waals surface area contributed by atoms with Crippen LogP contribution in [0.1, 0.15) is 25.7 Å². The monoisotopic (exact) mass is 265 g/mol. The molecule has 1 aliphatic carbocycles. The van der Waals surface area contributed by atoms with Gasteiger partial charge in [-0.1, -0.05) is 25.0 Å². The highest BCUT2D eigenvalue weighted by atomic mass is 16.5. The standard InChI is InChI=1S/C15H23NO3/c1-18-13-8-4-3-7-12(13)16-15(11-17)10-6-5-9-14(15)19-2/h3-4,7-8,14,16-17H,5-6,9-11H2,1-2H3. The van der Waals surface area contributed by atoms with E-state index in [1.807, 2.05) is 24.3 Å². The fourth-order valence-electron chi connectivity index (χ4n) is 2.93. The van der Waals surface area contributed by atoms with Crippen molar-refractivity contribution in [2.24, 2.45) is 0 Å². The van der Waals surface area contributed by atoms with Crippen molar-refractivity contribution in [3.63, 3.8) is 0 Å². The van der Waals surface area contributed by atoms with E-state index in [9.17, 15) is 5.11 Å². The second kappa shape index (κ2) is 6.26. The molecule has 0 radical (unpaired) electrons. The lowest BCUT2D eigenvalue weighted by molar-refractivity contribution is -0.00863. The Bertz CT molecular complexity index is 410. The molecule has 0 bridgehead atoms. The van der Waals surface area contributed by atoms with E-state index in [0.29, 0.717) is 0 Å². The Morgan fingerprint density at radius 2 is 2.11 bits per heavy atom. The second-order valence-corrected chi connectivity index (χ2v) is 5.11. The maximum atomic E-state index is 9.88. The molecule has 4 heteroatoms. The number of hydrogen-bond donors (Lipinski definition) is 2. The maximum absolute atomic E-state index is 9.88. The summed E-state index contributed by atoms with van der Waals surface area (Å²) in [7, 11) is 3.37. The van der Waals surface area contributed by atoms with Crippen LogP contribution in [0.4, 0.5) is 5.69 Å². The summed E-state index contributed by atoms with van der Waals surface area (Å²) < 4.78 is 10.9. The van der Waals surface area contributed by atoms with Crippen LogP contribution >= 0.6 is 0 Å². The zero-order valence-electron chi connectivity index (χ0n) is 11.7. The molecular formula is C15H23NO3. The molecule has 2 unspecified atom stereocenters. The largest absolute Gasteiger partial charge is 0.495 e. The molecule has 19 heavy (non-hydrogen) atoms. The van der Waals surface area contributed by atoms with Crippen LogP contribution in [0.5, 0.6) is 5.75 Å². The first-order valence-corrected chi connectivity index (χ1v) is 6.80. The minimum Gasteiger partial charge on any atom is -0.495 e. The van der Waals surface area contributed by atoms with Crippen LogP contribution in [0.15, 0.2) is 24.3 Å². The van der Waals surface area contributed by atoms with Crippen LogP contribution in [0, 0.1) is 0 Å². The van der Waals surface area contributed by atoms with Gasteiger partial charge < -0.3 is 19.9 Å². The van der Waals surface area contributed by atoms with Crippen molar-refractivity contribution >= 4 is 5.69 Å². The summed E-state index contributed by atoms with van der Waals surface area (Å²) in [6.07, 6.45) is 4.14. The van der Waals surface area contributed by atoms with Crippen molar-refractivity contribution < 1.29 is 14.6 Å². The van der Waals surface area contributed by atoms with Crippen LogP contribution in [0.3, 0.4) is 0 Å². The average Bonchev–Trinajstić information content (AvgIpc) is 2.48. The third kappa shape index (κ3) is 2.85. The zero-order valence-corrected chi connectivity index (χ0v) is 11.7. The summed E-state index contributed by atoms with van der Waals surface area (Å²) >= 11 is 0. The predicted molar refractivity (Wildman–Crippen MR) is 75.7 cm³/mol. The minimum atomic E-state index is -0.415. The summed E-state index contributed by atoms with van der Waals surface area (Å²) in [6, 6.07) is 7.78. The molecule has 1 fully saturated rings. The first-order valence-electron chi connectivity index (χ1n) is 6.80. The number of rotatable bonds is 5. The fourth-order valence-corrected chi connectivity index (χ4v) is 2.93. The average molecular weight is 265 g/mol. The van der Waals surface area contributed by atoms with Gasteiger partial charge in [0.2, 0.25) is 0 Å². The lowest BCUT2D eigenvalue weighted by Gasteiger charge is -2.43. The first kappa shape index (κ1) is 14.2. The maximum Gasteiger partial charge on any atom is 0.141 e. The molecule has 0 aliphatic heterocycles. The van der Waals surface area contributed by atoms with Crippen LogP contribution < -0.4 is 10.1 Å². The lowest BCUT2D eigenvalue weighted by atomic mass is 9.79. The molecule has 0 aromatic heterocycles. The zero-order chi connectivity index (χ0) is 13.7. The van der Waals surface area contributed by atoms with Crippen LogP contribution in [-0.2, 0) is 4.74 Å².